The fraction of sp³-hybridized carbons (Fsp3) is 0.551. The van der Waals surface area contributed by atoms with Gasteiger partial charge in [-0.15, -0.1) is 4.37 Å². The van der Waals surface area contributed by atoms with Gasteiger partial charge in [-0.3, -0.25) is 28.8 Å². The Labute approximate surface area is 428 Å². The lowest BCUT2D eigenvalue weighted by molar-refractivity contribution is -0.174. The van der Waals surface area contributed by atoms with Gasteiger partial charge in [0.05, 0.1) is 49.0 Å². The van der Waals surface area contributed by atoms with Crippen LogP contribution in [0, 0.1) is 13.8 Å². The van der Waals surface area contributed by atoms with E-state index in [0.29, 0.717) is 83.7 Å². The van der Waals surface area contributed by atoms with Crippen molar-refractivity contribution >= 4 is 88.1 Å². The third kappa shape index (κ3) is 16.0. The first kappa shape index (κ1) is 57.0. The number of amides is 4. The number of likely N-dealkylation sites (N-methyl/N-ethyl adjacent to an activating group) is 1. The molecular weight excluding hydrogens is 971 g/mol. The zero-order chi connectivity index (χ0) is 53.6. The fourth-order valence-electron chi connectivity index (χ4n) is 7.93. The first-order valence-electron chi connectivity index (χ1n) is 24.1. The van der Waals surface area contributed by atoms with Crippen molar-refractivity contribution in [3.8, 4) is 5.88 Å². The maximum absolute atomic E-state index is 13.5. The van der Waals surface area contributed by atoms with Gasteiger partial charge in [0, 0.05) is 73.4 Å². The smallest absolute Gasteiger partial charge is 0.347 e. The highest BCUT2D eigenvalue weighted by atomic mass is 32.1. The van der Waals surface area contributed by atoms with Gasteiger partial charge in [0.25, 0.3) is 23.6 Å². The quantitative estimate of drug-likeness (QED) is 0.0566. The molecule has 1 aromatic carbocycles. The number of aromatic nitrogens is 3. The molecule has 2 unspecified atom stereocenters. The number of aryl methyl sites for hydroxylation is 1. The van der Waals surface area contributed by atoms with Crippen LogP contribution in [0.3, 0.4) is 0 Å². The molecule has 1 saturated heterocycles. The van der Waals surface area contributed by atoms with Crippen molar-refractivity contribution in [2.45, 2.75) is 106 Å². The van der Waals surface area contributed by atoms with Crippen molar-refractivity contribution < 1.29 is 66.8 Å². The summed E-state index contributed by atoms with van der Waals surface area (Å²) in [5, 5.41) is 8.51. The van der Waals surface area contributed by atoms with Crippen molar-refractivity contribution in [3.05, 3.63) is 46.3 Å². The summed E-state index contributed by atoms with van der Waals surface area (Å²) in [6, 6.07) is 4.84. The minimum absolute atomic E-state index is 0.175. The second-order valence-electron chi connectivity index (χ2n) is 18.3. The van der Waals surface area contributed by atoms with Gasteiger partial charge < -0.3 is 64.1 Å². The molecule has 2 aromatic heterocycles. The SMILES string of the molecule is CCN(CC)CCNC(=O)c1c(C)[nH]c(/C=C2\C(=O)Nc3ccc(NC(=O)CCC(=O)OC(C)C(=O)OCC(=O)O[C@H](COc4nsnc4N4CCOCC4)CN(C(=O)C(C)OC(C)=O)C(C)(C)C)cc32)c1C. The summed E-state index contributed by atoms with van der Waals surface area (Å²) in [5.74, 6) is -4.71. The molecule has 0 saturated carbocycles. The number of nitrogens with one attached hydrogen (secondary N) is 4. The van der Waals surface area contributed by atoms with E-state index in [9.17, 15) is 38.4 Å². The molecule has 1 fully saturated rings. The molecule has 0 aliphatic carbocycles. The van der Waals surface area contributed by atoms with Crippen LogP contribution in [0.1, 0.15) is 101 Å². The molecule has 4 amide bonds. The number of carbonyl (C=O) groups is 8. The van der Waals surface area contributed by atoms with Gasteiger partial charge in [0.1, 0.15) is 6.61 Å². The standard InChI is InChI=1S/C49H67N9O14S/c1-11-56(12-2)18-17-50-45(64)42-28(3)38(51-29(42)4)24-36-35-23-33(13-14-37(35)53-44(36)63)52-39(60)15-16-40(61)71-31(6)48(66)69-27-41(62)72-34(25-58(49(8,9)10)47(65)30(5)70-32(7)59)26-68-46-43(54-73-55-46)57-19-21-67-22-20-57/h13-14,23-24,30-31,34,51H,11-12,15-22,25-27H2,1-10H3,(H,50,64)(H,52,60)(H,53,63)/b36-24-/t30?,31?,34-/m0/s1. The van der Waals surface area contributed by atoms with Crippen LogP contribution < -0.4 is 25.6 Å². The second-order valence-corrected chi connectivity index (χ2v) is 18.8. The lowest BCUT2D eigenvalue weighted by atomic mass is 10.0. The number of rotatable bonds is 24. The number of fused-ring (bicyclic) bond motifs is 1. The van der Waals surface area contributed by atoms with Crippen molar-refractivity contribution in [2.24, 2.45) is 0 Å². The number of H-pyrrole nitrogens is 1. The first-order valence-corrected chi connectivity index (χ1v) is 24.8. The second kappa shape index (κ2) is 26.2. The van der Waals surface area contributed by atoms with Crippen molar-refractivity contribution in [2.75, 3.05) is 87.8 Å². The monoisotopic (exact) mass is 1040 g/mol. The molecule has 0 spiro atoms. The Morgan fingerprint density at radius 3 is 2.34 bits per heavy atom. The van der Waals surface area contributed by atoms with E-state index >= 15 is 0 Å². The van der Waals surface area contributed by atoms with E-state index in [1.165, 1.54) is 25.7 Å². The van der Waals surface area contributed by atoms with Crippen LogP contribution in [0.2, 0.25) is 0 Å². The van der Waals surface area contributed by atoms with Crippen LogP contribution in [0.5, 0.6) is 5.88 Å². The van der Waals surface area contributed by atoms with Gasteiger partial charge in [-0.2, -0.15) is 4.37 Å². The highest BCUT2D eigenvalue weighted by molar-refractivity contribution is 6.99. The highest BCUT2D eigenvalue weighted by Crippen LogP contribution is 2.36. The lowest BCUT2D eigenvalue weighted by Gasteiger charge is -2.39. The Kier molecular flexibility index (Phi) is 20.4. The highest BCUT2D eigenvalue weighted by Gasteiger charge is 2.35. The molecule has 3 atom stereocenters. The van der Waals surface area contributed by atoms with Crippen molar-refractivity contribution in [1.82, 2.24) is 28.8 Å². The summed E-state index contributed by atoms with van der Waals surface area (Å²) >= 11 is 0.924. The van der Waals surface area contributed by atoms with E-state index in [4.69, 9.17) is 28.4 Å². The van der Waals surface area contributed by atoms with E-state index < -0.39 is 72.6 Å². The Balaban J connectivity index is 1.14. The van der Waals surface area contributed by atoms with E-state index in [0.717, 1.165) is 31.4 Å². The number of hydrogen-bond donors (Lipinski definition) is 4. The number of hydrogen-bond acceptors (Lipinski definition) is 19. The number of nitrogens with zero attached hydrogens (tertiary/aromatic N) is 5. The van der Waals surface area contributed by atoms with Gasteiger partial charge in [-0.25, -0.2) is 9.59 Å². The maximum Gasteiger partial charge on any atom is 0.347 e. The largest absolute Gasteiger partial charge is 0.470 e. The van der Waals surface area contributed by atoms with Crippen LogP contribution in [-0.4, -0.2) is 167 Å². The molecule has 2 aliphatic heterocycles. The van der Waals surface area contributed by atoms with E-state index in [-0.39, 0.29) is 37.3 Å². The molecule has 2 aliphatic rings. The zero-order valence-corrected chi connectivity index (χ0v) is 43.9. The van der Waals surface area contributed by atoms with Gasteiger partial charge in [-0.05, 0) is 91.4 Å². The topological polar surface area (TPSA) is 279 Å². The molecule has 73 heavy (non-hydrogen) atoms. The predicted octanol–water partition coefficient (Wildman–Crippen LogP) is 3.65. The number of benzene rings is 1. The number of morpholine rings is 1. The average molecular weight is 1040 g/mol. The van der Waals surface area contributed by atoms with Gasteiger partial charge >= 0.3 is 23.9 Å². The van der Waals surface area contributed by atoms with Gasteiger partial charge in [0.15, 0.2) is 24.9 Å². The molecule has 23 nitrogen and oxygen atoms in total. The third-order valence-corrected chi connectivity index (χ3v) is 12.3. The Morgan fingerprint density at radius 2 is 1.67 bits per heavy atom. The number of ether oxygens (including phenoxy) is 6. The molecule has 0 bridgehead atoms. The normalized spacial score (nSPS) is 15.1. The zero-order valence-electron chi connectivity index (χ0n) is 43.1. The molecule has 3 aromatic rings. The summed E-state index contributed by atoms with van der Waals surface area (Å²) in [4.78, 5) is 112. The van der Waals surface area contributed by atoms with E-state index in [1.54, 1.807) is 58.9 Å². The number of aromatic amines is 1. The van der Waals surface area contributed by atoms with E-state index in [1.807, 2.05) is 4.90 Å². The molecule has 4 N–H and O–H groups in total. The Bertz CT molecular complexity index is 2520. The number of anilines is 3. The lowest BCUT2D eigenvalue weighted by Crippen LogP contribution is -2.54. The van der Waals surface area contributed by atoms with Crippen LogP contribution in [-0.2, 0) is 57.2 Å². The molecule has 5 rings (SSSR count). The molecular formula is C49H67N9O14S. The first-order chi connectivity index (χ1) is 34.6. The molecule has 0 radical (unpaired) electrons. The third-order valence-electron chi connectivity index (χ3n) is 11.8. The summed E-state index contributed by atoms with van der Waals surface area (Å²) in [6.45, 7) is 20.4. The number of carbonyl (C=O) groups excluding carboxylic acids is 8. The molecule has 398 valence electrons. The Hall–Kier alpha value is -6.92. The Morgan fingerprint density at radius 1 is 0.959 bits per heavy atom. The average Bonchev–Trinajstić information content (AvgIpc) is 4.02. The van der Waals surface area contributed by atoms with Crippen LogP contribution in [0.15, 0.2) is 18.2 Å². The maximum atomic E-state index is 13.5. The van der Waals surface area contributed by atoms with Gasteiger partial charge in [-0.1, -0.05) is 13.8 Å². The summed E-state index contributed by atoms with van der Waals surface area (Å²) < 4.78 is 41.2. The van der Waals surface area contributed by atoms with Crippen LogP contribution in [0.25, 0.3) is 11.6 Å². The summed E-state index contributed by atoms with van der Waals surface area (Å²) in [7, 11) is 0. The minimum Gasteiger partial charge on any atom is -0.470 e. The summed E-state index contributed by atoms with van der Waals surface area (Å²) in [5.41, 5.74) is 3.23. The predicted molar refractivity (Wildman–Crippen MR) is 269 cm³/mol. The van der Waals surface area contributed by atoms with Gasteiger partial charge in [0.2, 0.25) is 11.7 Å². The van der Waals surface area contributed by atoms with Crippen molar-refractivity contribution in [3.63, 3.8) is 0 Å². The number of esters is 4. The fourth-order valence-corrected chi connectivity index (χ4v) is 8.45. The summed E-state index contributed by atoms with van der Waals surface area (Å²) in [6.07, 6.45) is -2.88. The van der Waals surface area contributed by atoms with Crippen LogP contribution in [0.4, 0.5) is 17.2 Å². The van der Waals surface area contributed by atoms with Crippen LogP contribution >= 0.6 is 11.7 Å². The molecule has 24 heteroatoms. The van der Waals surface area contributed by atoms with E-state index in [2.05, 4.69) is 48.4 Å². The molecule has 4 heterocycles. The minimum atomic E-state index is -1.47. The van der Waals surface area contributed by atoms with Crippen molar-refractivity contribution in [1.29, 1.82) is 0 Å².